The molecule has 104 valence electrons. The zero-order valence-electron chi connectivity index (χ0n) is 10.8. The van der Waals surface area contributed by atoms with Gasteiger partial charge in [-0.1, -0.05) is 30.5 Å². The van der Waals surface area contributed by atoms with E-state index in [4.69, 9.17) is 11.6 Å². The van der Waals surface area contributed by atoms with Crippen molar-refractivity contribution in [2.75, 3.05) is 13.2 Å². The van der Waals surface area contributed by atoms with Crippen LogP contribution in [-0.2, 0) is 0 Å². The highest BCUT2D eigenvalue weighted by Crippen LogP contribution is 2.29. The van der Waals surface area contributed by atoms with E-state index in [-0.39, 0.29) is 12.5 Å². The lowest BCUT2D eigenvalue weighted by Crippen LogP contribution is -2.35. The van der Waals surface area contributed by atoms with Gasteiger partial charge in [-0.2, -0.15) is 0 Å². The summed E-state index contributed by atoms with van der Waals surface area (Å²) in [6, 6.07) is 4.99. The smallest absolute Gasteiger partial charge is 0.269 e. The first-order chi connectivity index (χ1) is 9.20. The van der Waals surface area contributed by atoms with Crippen molar-refractivity contribution in [1.82, 2.24) is 10.3 Å². The van der Waals surface area contributed by atoms with Crippen molar-refractivity contribution < 1.29 is 9.90 Å². The SMILES string of the molecule is O=C(NCC1CCCCC1CO)c1cccc(Cl)n1. The van der Waals surface area contributed by atoms with Crippen molar-refractivity contribution in [3.8, 4) is 0 Å². The maximum Gasteiger partial charge on any atom is 0.269 e. The topological polar surface area (TPSA) is 62.2 Å². The van der Waals surface area contributed by atoms with E-state index in [0.29, 0.717) is 29.2 Å². The molecule has 2 atom stereocenters. The van der Waals surface area contributed by atoms with Crippen molar-refractivity contribution in [2.24, 2.45) is 11.8 Å². The summed E-state index contributed by atoms with van der Waals surface area (Å²) in [4.78, 5) is 15.9. The lowest BCUT2D eigenvalue weighted by Gasteiger charge is -2.30. The molecule has 0 aliphatic heterocycles. The van der Waals surface area contributed by atoms with Gasteiger partial charge in [0, 0.05) is 13.2 Å². The average Bonchev–Trinajstić information content (AvgIpc) is 2.45. The molecule has 0 radical (unpaired) electrons. The minimum atomic E-state index is -0.204. The van der Waals surface area contributed by atoms with E-state index in [2.05, 4.69) is 10.3 Å². The van der Waals surface area contributed by atoms with E-state index in [9.17, 15) is 9.90 Å². The molecule has 1 aromatic heterocycles. The molecule has 2 N–H and O–H groups in total. The number of nitrogens with one attached hydrogen (secondary N) is 1. The van der Waals surface area contributed by atoms with E-state index < -0.39 is 0 Å². The van der Waals surface area contributed by atoms with Crippen LogP contribution >= 0.6 is 11.6 Å². The van der Waals surface area contributed by atoms with E-state index >= 15 is 0 Å². The molecule has 5 heteroatoms. The van der Waals surface area contributed by atoms with Gasteiger partial charge in [0.05, 0.1) is 0 Å². The Balaban J connectivity index is 1.89. The minimum Gasteiger partial charge on any atom is -0.396 e. The van der Waals surface area contributed by atoms with Crippen molar-refractivity contribution in [3.05, 3.63) is 29.0 Å². The van der Waals surface area contributed by atoms with E-state index in [1.54, 1.807) is 18.2 Å². The maximum absolute atomic E-state index is 11.9. The summed E-state index contributed by atoms with van der Waals surface area (Å²) in [6.45, 7) is 0.800. The number of hydrogen-bond donors (Lipinski definition) is 2. The first-order valence-corrected chi connectivity index (χ1v) is 7.10. The highest BCUT2D eigenvalue weighted by atomic mass is 35.5. The number of carbonyl (C=O) groups excluding carboxylic acids is 1. The zero-order valence-corrected chi connectivity index (χ0v) is 11.6. The molecule has 0 bridgehead atoms. The molecule has 2 rings (SSSR count). The van der Waals surface area contributed by atoms with E-state index in [1.165, 1.54) is 12.8 Å². The summed E-state index contributed by atoms with van der Waals surface area (Å²) in [7, 11) is 0. The zero-order chi connectivity index (χ0) is 13.7. The van der Waals surface area contributed by atoms with Crippen LogP contribution in [0.1, 0.15) is 36.2 Å². The Labute approximate surface area is 118 Å². The molecule has 4 nitrogen and oxygen atoms in total. The Hall–Kier alpha value is -1.13. The molecule has 0 spiro atoms. The molecule has 0 saturated heterocycles. The van der Waals surface area contributed by atoms with Crippen LogP contribution in [0.25, 0.3) is 0 Å². The summed E-state index contributed by atoms with van der Waals surface area (Å²) in [5.41, 5.74) is 0.337. The standard InChI is InChI=1S/C14H19ClN2O2/c15-13-7-3-6-12(17-13)14(19)16-8-10-4-1-2-5-11(10)9-18/h3,6-7,10-11,18H,1-2,4-5,8-9H2,(H,16,19). The third-order valence-corrected chi connectivity index (χ3v) is 3.98. The second kappa shape index (κ2) is 6.87. The Morgan fingerprint density at radius 2 is 2.11 bits per heavy atom. The van der Waals surface area contributed by atoms with Crippen LogP contribution in [-0.4, -0.2) is 29.1 Å². The van der Waals surface area contributed by atoms with Crippen LogP contribution < -0.4 is 5.32 Å². The van der Waals surface area contributed by atoms with Crippen molar-refractivity contribution >= 4 is 17.5 Å². The highest BCUT2D eigenvalue weighted by molar-refractivity contribution is 6.29. The second-order valence-corrected chi connectivity index (χ2v) is 5.43. The van der Waals surface area contributed by atoms with Crippen molar-refractivity contribution in [2.45, 2.75) is 25.7 Å². The fourth-order valence-electron chi connectivity index (χ4n) is 2.64. The van der Waals surface area contributed by atoms with E-state index in [0.717, 1.165) is 12.8 Å². The Kier molecular flexibility index (Phi) is 5.16. The van der Waals surface area contributed by atoms with Crippen molar-refractivity contribution in [3.63, 3.8) is 0 Å². The number of hydrogen-bond acceptors (Lipinski definition) is 3. The Morgan fingerprint density at radius 3 is 2.79 bits per heavy atom. The molecule has 1 saturated carbocycles. The summed E-state index contributed by atoms with van der Waals surface area (Å²) >= 11 is 5.76. The second-order valence-electron chi connectivity index (χ2n) is 5.04. The molecule has 2 unspecified atom stereocenters. The molecule has 1 aliphatic rings. The molecule has 0 aromatic carbocycles. The number of aromatic nitrogens is 1. The van der Waals surface area contributed by atoms with Gasteiger partial charge in [-0.15, -0.1) is 0 Å². The van der Waals surface area contributed by atoms with Crippen LogP contribution in [0.4, 0.5) is 0 Å². The fourth-order valence-corrected chi connectivity index (χ4v) is 2.81. The minimum absolute atomic E-state index is 0.204. The number of amides is 1. The number of pyridine rings is 1. The van der Waals surface area contributed by atoms with Crippen LogP contribution in [0.5, 0.6) is 0 Å². The number of rotatable bonds is 4. The Morgan fingerprint density at radius 1 is 1.37 bits per heavy atom. The lowest BCUT2D eigenvalue weighted by molar-refractivity contribution is 0.0904. The molecule has 1 amide bonds. The molecular formula is C14H19ClN2O2. The maximum atomic E-state index is 11.9. The third kappa shape index (κ3) is 3.91. The van der Waals surface area contributed by atoms with Gasteiger partial charge < -0.3 is 10.4 Å². The van der Waals surface area contributed by atoms with Gasteiger partial charge in [0.1, 0.15) is 10.8 Å². The molecular weight excluding hydrogens is 264 g/mol. The predicted octanol–water partition coefficient (Wildman–Crippen LogP) is 2.26. The highest BCUT2D eigenvalue weighted by Gasteiger charge is 2.24. The fraction of sp³-hybridized carbons (Fsp3) is 0.571. The predicted molar refractivity (Wildman–Crippen MR) is 74.1 cm³/mol. The molecule has 1 aromatic rings. The van der Waals surface area contributed by atoms with Crippen LogP contribution in [0.15, 0.2) is 18.2 Å². The van der Waals surface area contributed by atoms with Crippen molar-refractivity contribution in [1.29, 1.82) is 0 Å². The molecule has 1 heterocycles. The molecule has 1 fully saturated rings. The first kappa shape index (κ1) is 14.3. The number of nitrogens with zero attached hydrogens (tertiary/aromatic N) is 1. The molecule has 1 aliphatic carbocycles. The van der Waals surface area contributed by atoms with Crippen LogP contribution in [0.2, 0.25) is 5.15 Å². The Bertz CT molecular complexity index is 439. The van der Waals surface area contributed by atoms with E-state index in [1.807, 2.05) is 0 Å². The molecule has 19 heavy (non-hydrogen) atoms. The van der Waals surface area contributed by atoms with Gasteiger partial charge in [0.25, 0.3) is 5.91 Å². The third-order valence-electron chi connectivity index (χ3n) is 3.77. The lowest BCUT2D eigenvalue weighted by atomic mass is 9.79. The summed E-state index contributed by atoms with van der Waals surface area (Å²) in [6.07, 6.45) is 4.46. The van der Waals surface area contributed by atoms with Gasteiger partial charge in [-0.05, 0) is 36.8 Å². The number of halogens is 1. The van der Waals surface area contributed by atoms with Gasteiger partial charge in [-0.3, -0.25) is 4.79 Å². The van der Waals surface area contributed by atoms with Gasteiger partial charge in [-0.25, -0.2) is 4.98 Å². The monoisotopic (exact) mass is 282 g/mol. The number of carbonyl (C=O) groups is 1. The van der Waals surface area contributed by atoms with Gasteiger partial charge in [0.2, 0.25) is 0 Å². The number of aliphatic hydroxyl groups excluding tert-OH is 1. The van der Waals surface area contributed by atoms with Gasteiger partial charge >= 0.3 is 0 Å². The normalized spacial score (nSPS) is 23.1. The average molecular weight is 283 g/mol. The first-order valence-electron chi connectivity index (χ1n) is 6.72. The quantitative estimate of drug-likeness (QED) is 0.833. The summed E-state index contributed by atoms with van der Waals surface area (Å²) < 4.78 is 0. The number of aliphatic hydroxyl groups is 1. The summed E-state index contributed by atoms with van der Waals surface area (Å²) in [5.74, 6) is 0.466. The van der Waals surface area contributed by atoms with Crippen LogP contribution in [0, 0.1) is 11.8 Å². The summed E-state index contributed by atoms with van der Waals surface area (Å²) in [5, 5.41) is 12.5. The largest absolute Gasteiger partial charge is 0.396 e. The van der Waals surface area contributed by atoms with Gasteiger partial charge in [0.15, 0.2) is 0 Å². The van der Waals surface area contributed by atoms with Crippen LogP contribution in [0.3, 0.4) is 0 Å².